The van der Waals surface area contributed by atoms with Crippen LogP contribution in [0.2, 0.25) is 0 Å². The highest BCUT2D eigenvalue weighted by molar-refractivity contribution is 6.37. The monoisotopic (exact) mass is 303 g/mol. The third kappa shape index (κ3) is 3.91. The molecule has 1 aromatic carbocycles. The predicted octanol–water partition coefficient (Wildman–Crippen LogP) is 1.05. The number of carbonyl (C=O) groups excluding carboxylic acids is 3. The van der Waals surface area contributed by atoms with Gasteiger partial charge < -0.3 is 10.1 Å². The number of para-hydroxylation sites is 1. The SMILES string of the molecule is Cc1cccc(C)c1NC(=O)COC(=O)C1=NNC(=O)CC1. The highest BCUT2D eigenvalue weighted by Gasteiger charge is 2.20. The van der Waals surface area contributed by atoms with Gasteiger partial charge in [-0.3, -0.25) is 9.59 Å². The van der Waals surface area contributed by atoms with E-state index < -0.39 is 18.5 Å². The fourth-order valence-corrected chi connectivity index (χ4v) is 2.02. The van der Waals surface area contributed by atoms with Crippen molar-refractivity contribution in [3.63, 3.8) is 0 Å². The Labute approximate surface area is 127 Å². The number of ether oxygens (including phenoxy) is 1. The second kappa shape index (κ2) is 6.84. The van der Waals surface area contributed by atoms with Gasteiger partial charge in [0.05, 0.1) is 0 Å². The Morgan fingerprint density at radius 2 is 1.95 bits per heavy atom. The molecule has 2 rings (SSSR count). The van der Waals surface area contributed by atoms with Crippen molar-refractivity contribution in [3.05, 3.63) is 29.3 Å². The van der Waals surface area contributed by atoms with Crippen molar-refractivity contribution in [2.24, 2.45) is 5.10 Å². The number of anilines is 1. The highest BCUT2D eigenvalue weighted by Crippen LogP contribution is 2.19. The summed E-state index contributed by atoms with van der Waals surface area (Å²) >= 11 is 0. The molecule has 22 heavy (non-hydrogen) atoms. The van der Waals surface area contributed by atoms with E-state index in [1.807, 2.05) is 32.0 Å². The first-order chi connectivity index (χ1) is 10.5. The van der Waals surface area contributed by atoms with Crippen LogP contribution < -0.4 is 10.7 Å². The standard InChI is InChI=1S/C15H17N3O4/c1-9-4-3-5-10(2)14(9)16-13(20)8-22-15(21)11-6-7-12(19)18-17-11/h3-5H,6-8H2,1-2H3,(H,16,20)(H,18,19). The maximum Gasteiger partial charge on any atom is 0.355 e. The fraction of sp³-hybridized carbons (Fsp3) is 0.333. The van der Waals surface area contributed by atoms with Crippen molar-refractivity contribution in [2.45, 2.75) is 26.7 Å². The first kappa shape index (κ1) is 15.7. The van der Waals surface area contributed by atoms with E-state index in [1.165, 1.54) is 0 Å². The molecule has 1 aromatic rings. The van der Waals surface area contributed by atoms with Crippen LogP contribution in [-0.2, 0) is 19.1 Å². The number of hydrogen-bond donors (Lipinski definition) is 2. The van der Waals surface area contributed by atoms with Gasteiger partial charge in [0.15, 0.2) is 6.61 Å². The smallest absolute Gasteiger partial charge is 0.355 e. The van der Waals surface area contributed by atoms with Gasteiger partial charge in [-0.1, -0.05) is 18.2 Å². The zero-order valence-corrected chi connectivity index (χ0v) is 12.4. The first-order valence-corrected chi connectivity index (χ1v) is 6.86. The molecule has 0 aliphatic carbocycles. The van der Waals surface area contributed by atoms with Crippen LogP contribution in [0.3, 0.4) is 0 Å². The molecule has 0 aromatic heterocycles. The van der Waals surface area contributed by atoms with E-state index in [9.17, 15) is 14.4 Å². The quantitative estimate of drug-likeness (QED) is 0.812. The van der Waals surface area contributed by atoms with Crippen molar-refractivity contribution in [1.82, 2.24) is 5.43 Å². The van der Waals surface area contributed by atoms with Crippen LogP contribution in [0.4, 0.5) is 5.69 Å². The molecule has 0 spiro atoms. The van der Waals surface area contributed by atoms with Crippen LogP contribution >= 0.6 is 0 Å². The highest BCUT2D eigenvalue weighted by atomic mass is 16.5. The summed E-state index contributed by atoms with van der Waals surface area (Å²) in [5, 5.41) is 6.33. The molecule has 0 atom stereocenters. The summed E-state index contributed by atoms with van der Waals surface area (Å²) in [4.78, 5) is 34.5. The molecule has 1 heterocycles. The average Bonchev–Trinajstić information content (AvgIpc) is 2.49. The van der Waals surface area contributed by atoms with Gasteiger partial charge >= 0.3 is 5.97 Å². The molecule has 0 fully saturated rings. The van der Waals surface area contributed by atoms with E-state index in [0.717, 1.165) is 11.1 Å². The lowest BCUT2D eigenvalue weighted by Crippen LogP contribution is -2.32. The van der Waals surface area contributed by atoms with Gasteiger partial charge in [-0.15, -0.1) is 0 Å². The van der Waals surface area contributed by atoms with E-state index >= 15 is 0 Å². The van der Waals surface area contributed by atoms with Crippen LogP contribution in [0.25, 0.3) is 0 Å². The molecular formula is C15H17N3O4. The normalized spacial score (nSPS) is 13.9. The molecule has 7 nitrogen and oxygen atoms in total. The van der Waals surface area contributed by atoms with Crippen molar-refractivity contribution in [3.8, 4) is 0 Å². The minimum absolute atomic E-state index is 0.111. The number of esters is 1. The summed E-state index contributed by atoms with van der Waals surface area (Å²) < 4.78 is 4.90. The summed E-state index contributed by atoms with van der Waals surface area (Å²) in [7, 11) is 0. The zero-order valence-electron chi connectivity index (χ0n) is 12.4. The Hall–Kier alpha value is -2.70. The van der Waals surface area contributed by atoms with Gasteiger partial charge in [0.25, 0.3) is 5.91 Å². The largest absolute Gasteiger partial charge is 0.451 e. The molecular weight excluding hydrogens is 286 g/mol. The maximum atomic E-state index is 11.9. The van der Waals surface area contributed by atoms with E-state index in [1.54, 1.807) is 0 Å². The van der Waals surface area contributed by atoms with Crippen molar-refractivity contribution in [1.29, 1.82) is 0 Å². The minimum Gasteiger partial charge on any atom is -0.451 e. The Morgan fingerprint density at radius 1 is 1.27 bits per heavy atom. The van der Waals surface area contributed by atoms with Gasteiger partial charge in [-0.05, 0) is 25.0 Å². The second-order valence-corrected chi connectivity index (χ2v) is 4.98. The van der Waals surface area contributed by atoms with Crippen LogP contribution in [0, 0.1) is 13.8 Å². The summed E-state index contributed by atoms with van der Waals surface area (Å²) in [5.74, 6) is -1.37. The van der Waals surface area contributed by atoms with Crippen LogP contribution in [0.5, 0.6) is 0 Å². The third-order valence-electron chi connectivity index (χ3n) is 3.22. The molecule has 0 radical (unpaired) electrons. The summed E-state index contributed by atoms with van der Waals surface area (Å²) in [5.41, 5.74) is 4.89. The number of rotatable bonds is 4. The Balaban J connectivity index is 1.88. The molecule has 0 bridgehead atoms. The van der Waals surface area contributed by atoms with Crippen LogP contribution in [-0.4, -0.2) is 30.1 Å². The Kier molecular flexibility index (Phi) is 4.88. The molecule has 2 N–H and O–H groups in total. The molecule has 0 saturated carbocycles. The minimum atomic E-state index is -0.698. The van der Waals surface area contributed by atoms with E-state index in [4.69, 9.17) is 4.74 Å². The summed E-state index contributed by atoms with van der Waals surface area (Å²) in [6, 6.07) is 5.66. The number of carbonyl (C=O) groups is 3. The molecule has 1 aliphatic heterocycles. The van der Waals surface area contributed by atoms with E-state index in [-0.39, 0.29) is 24.5 Å². The number of hydrogen-bond acceptors (Lipinski definition) is 5. The van der Waals surface area contributed by atoms with Gasteiger partial charge in [-0.2, -0.15) is 5.10 Å². The van der Waals surface area contributed by atoms with Gasteiger partial charge in [0, 0.05) is 18.5 Å². The Morgan fingerprint density at radius 3 is 2.55 bits per heavy atom. The van der Waals surface area contributed by atoms with E-state index in [2.05, 4.69) is 15.8 Å². The molecule has 0 unspecified atom stereocenters. The van der Waals surface area contributed by atoms with E-state index in [0.29, 0.717) is 5.69 Å². The number of hydrazone groups is 1. The average molecular weight is 303 g/mol. The topological polar surface area (TPSA) is 96.9 Å². The molecule has 7 heteroatoms. The number of amides is 2. The van der Waals surface area contributed by atoms with Crippen molar-refractivity contribution >= 4 is 29.2 Å². The third-order valence-corrected chi connectivity index (χ3v) is 3.22. The van der Waals surface area contributed by atoms with Gasteiger partial charge in [-0.25, -0.2) is 10.2 Å². The first-order valence-electron chi connectivity index (χ1n) is 6.86. The lowest BCUT2D eigenvalue weighted by Gasteiger charge is -2.13. The Bertz CT molecular complexity index is 632. The molecule has 116 valence electrons. The van der Waals surface area contributed by atoms with Crippen LogP contribution in [0.1, 0.15) is 24.0 Å². The number of nitrogens with one attached hydrogen (secondary N) is 2. The van der Waals surface area contributed by atoms with Gasteiger partial charge in [0.1, 0.15) is 5.71 Å². The van der Waals surface area contributed by atoms with Crippen molar-refractivity contribution in [2.75, 3.05) is 11.9 Å². The number of aryl methyl sites for hydroxylation is 2. The fourth-order valence-electron chi connectivity index (χ4n) is 2.02. The number of nitrogens with zero attached hydrogens (tertiary/aromatic N) is 1. The van der Waals surface area contributed by atoms with Crippen molar-refractivity contribution < 1.29 is 19.1 Å². The molecule has 0 saturated heterocycles. The summed E-state index contributed by atoms with van der Waals surface area (Å²) in [6.07, 6.45) is 0.395. The summed E-state index contributed by atoms with van der Waals surface area (Å²) in [6.45, 7) is 3.36. The lowest BCUT2D eigenvalue weighted by molar-refractivity contribution is -0.140. The van der Waals surface area contributed by atoms with Crippen LogP contribution in [0.15, 0.2) is 23.3 Å². The molecule has 2 amide bonds. The zero-order chi connectivity index (χ0) is 16.1. The number of benzene rings is 1. The maximum absolute atomic E-state index is 11.9. The molecule has 1 aliphatic rings. The second-order valence-electron chi connectivity index (χ2n) is 4.98. The van der Waals surface area contributed by atoms with Gasteiger partial charge in [0.2, 0.25) is 5.91 Å². The lowest BCUT2D eigenvalue weighted by atomic mass is 10.1. The predicted molar refractivity (Wildman–Crippen MR) is 80.3 cm³/mol.